The van der Waals surface area contributed by atoms with Crippen LogP contribution in [0.3, 0.4) is 0 Å². The average Bonchev–Trinajstić information content (AvgIpc) is 3.34. The Morgan fingerprint density at radius 2 is 1.66 bits per heavy atom. The molecule has 4 heterocycles. The Hall–Kier alpha value is -3.06. The van der Waals surface area contributed by atoms with Crippen LogP contribution in [0, 0.1) is 11.8 Å². The SMILES string of the molecule is O=C(c1cnccn1)N1CC2CN(c3cnc(-c4ccc(Cl)cc4)cn3)CC2C1. The van der Waals surface area contributed by atoms with E-state index in [2.05, 4.69) is 24.8 Å². The van der Waals surface area contributed by atoms with Crippen LogP contribution in [0.1, 0.15) is 10.5 Å². The summed E-state index contributed by atoms with van der Waals surface area (Å²) in [5, 5.41) is 0.703. The third-order valence-electron chi connectivity index (χ3n) is 5.66. The first-order valence-electron chi connectivity index (χ1n) is 9.55. The lowest BCUT2D eigenvalue weighted by molar-refractivity contribution is 0.0776. The van der Waals surface area contributed by atoms with Gasteiger partial charge in [-0.1, -0.05) is 23.7 Å². The molecule has 2 aliphatic rings. The Bertz CT molecular complexity index is 998. The van der Waals surface area contributed by atoms with Gasteiger partial charge in [-0.25, -0.2) is 9.97 Å². The lowest BCUT2D eigenvalue weighted by Crippen LogP contribution is -2.34. The number of carbonyl (C=O) groups is 1. The first-order chi connectivity index (χ1) is 14.2. The Morgan fingerprint density at radius 1 is 0.897 bits per heavy atom. The molecule has 2 fully saturated rings. The molecule has 0 spiro atoms. The summed E-state index contributed by atoms with van der Waals surface area (Å²) < 4.78 is 0. The first-order valence-corrected chi connectivity index (χ1v) is 9.93. The highest BCUT2D eigenvalue weighted by Gasteiger charge is 2.42. The van der Waals surface area contributed by atoms with Crippen molar-refractivity contribution in [1.82, 2.24) is 24.8 Å². The number of aromatic nitrogens is 4. The number of benzene rings is 1. The van der Waals surface area contributed by atoms with Gasteiger partial charge in [-0.3, -0.25) is 14.8 Å². The molecule has 146 valence electrons. The van der Waals surface area contributed by atoms with Crippen molar-refractivity contribution in [2.24, 2.45) is 11.8 Å². The second kappa shape index (κ2) is 7.40. The molecule has 2 saturated heterocycles. The van der Waals surface area contributed by atoms with E-state index in [1.54, 1.807) is 18.6 Å². The van der Waals surface area contributed by atoms with Gasteiger partial charge in [0.1, 0.15) is 11.5 Å². The van der Waals surface area contributed by atoms with Crippen LogP contribution in [-0.4, -0.2) is 56.9 Å². The number of nitrogens with zero attached hydrogens (tertiary/aromatic N) is 6. The van der Waals surface area contributed by atoms with E-state index in [1.807, 2.05) is 35.4 Å². The Balaban J connectivity index is 1.23. The molecule has 0 saturated carbocycles. The molecule has 8 heteroatoms. The smallest absolute Gasteiger partial charge is 0.274 e. The number of halogens is 1. The zero-order valence-corrected chi connectivity index (χ0v) is 16.4. The zero-order valence-electron chi connectivity index (χ0n) is 15.6. The Morgan fingerprint density at radius 3 is 2.28 bits per heavy atom. The molecule has 0 aliphatic carbocycles. The summed E-state index contributed by atoms with van der Waals surface area (Å²) in [5.41, 5.74) is 2.23. The molecule has 2 aromatic heterocycles. The summed E-state index contributed by atoms with van der Waals surface area (Å²) in [6.07, 6.45) is 8.29. The van der Waals surface area contributed by atoms with Crippen molar-refractivity contribution in [2.45, 2.75) is 0 Å². The summed E-state index contributed by atoms with van der Waals surface area (Å²) in [7, 11) is 0. The second-order valence-corrected chi connectivity index (χ2v) is 7.93. The van der Waals surface area contributed by atoms with E-state index in [-0.39, 0.29) is 5.91 Å². The maximum Gasteiger partial charge on any atom is 0.274 e. The summed E-state index contributed by atoms with van der Waals surface area (Å²) in [6.45, 7) is 3.24. The molecule has 0 radical (unpaired) electrons. The molecule has 0 bridgehead atoms. The molecule has 2 unspecified atom stereocenters. The van der Waals surface area contributed by atoms with Crippen molar-refractivity contribution in [3.05, 3.63) is 66.0 Å². The summed E-state index contributed by atoms with van der Waals surface area (Å²) in [6, 6.07) is 7.58. The van der Waals surface area contributed by atoms with E-state index in [1.165, 1.54) is 6.20 Å². The van der Waals surface area contributed by atoms with Gasteiger partial charge in [-0.15, -0.1) is 0 Å². The monoisotopic (exact) mass is 406 g/mol. The summed E-state index contributed by atoms with van der Waals surface area (Å²) in [5.74, 6) is 1.72. The van der Waals surface area contributed by atoms with Gasteiger partial charge in [0.25, 0.3) is 5.91 Å². The highest BCUT2D eigenvalue weighted by atomic mass is 35.5. The van der Waals surface area contributed by atoms with Crippen LogP contribution >= 0.6 is 11.6 Å². The van der Waals surface area contributed by atoms with Gasteiger partial charge in [-0.05, 0) is 12.1 Å². The number of hydrogen-bond acceptors (Lipinski definition) is 6. The van der Waals surface area contributed by atoms with Gasteiger partial charge in [0.2, 0.25) is 0 Å². The van der Waals surface area contributed by atoms with Crippen LogP contribution in [0.25, 0.3) is 11.3 Å². The van der Waals surface area contributed by atoms with Crippen LogP contribution in [0.2, 0.25) is 5.02 Å². The maximum absolute atomic E-state index is 12.6. The van der Waals surface area contributed by atoms with Gasteiger partial charge in [0.15, 0.2) is 0 Å². The Labute approximate surface area is 173 Å². The molecule has 0 N–H and O–H groups in total. The minimum Gasteiger partial charge on any atom is -0.355 e. The van der Waals surface area contributed by atoms with Crippen LogP contribution < -0.4 is 4.90 Å². The molecule has 5 rings (SSSR count). The third-order valence-corrected chi connectivity index (χ3v) is 5.91. The fourth-order valence-corrected chi connectivity index (χ4v) is 4.30. The minimum atomic E-state index is -0.0360. The van der Waals surface area contributed by atoms with Crippen LogP contribution in [0.4, 0.5) is 5.82 Å². The highest BCUT2D eigenvalue weighted by molar-refractivity contribution is 6.30. The van der Waals surface area contributed by atoms with Gasteiger partial charge in [-0.2, -0.15) is 0 Å². The minimum absolute atomic E-state index is 0.0360. The fraction of sp³-hybridized carbons (Fsp3) is 0.286. The third kappa shape index (κ3) is 3.53. The van der Waals surface area contributed by atoms with Gasteiger partial charge < -0.3 is 9.80 Å². The largest absolute Gasteiger partial charge is 0.355 e. The molecular formula is C21H19ClN6O. The van der Waals surface area contributed by atoms with Crippen LogP contribution in [0.15, 0.2) is 55.2 Å². The number of amides is 1. The Kier molecular flexibility index (Phi) is 4.60. The molecule has 29 heavy (non-hydrogen) atoms. The lowest BCUT2D eigenvalue weighted by Gasteiger charge is -2.22. The van der Waals surface area contributed by atoms with E-state index in [0.717, 1.165) is 43.3 Å². The maximum atomic E-state index is 12.6. The topological polar surface area (TPSA) is 75.1 Å². The molecule has 2 aliphatic heterocycles. The van der Waals surface area contributed by atoms with Crippen LogP contribution in [-0.2, 0) is 0 Å². The molecule has 1 amide bonds. The predicted molar refractivity (Wildman–Crippen MR) is 110 cm³/mol. The first kappa shape index (κ1) is 18.0. The quantitative estimate of drug-likeness (QED) is 0.665. The molecule has 1 aromatic carbocycles. The number of carbonyl (C=O) groups excluding carboxylic acids is 1. The predicted octanol–water partition coefficient (Wildman–Crippen LogP) is 2.80. The lowest BCUT2D eigenvalue weighted by atomic mass is 10.0. The van der Waals surface area contributed by atoms with Gasteiger partial charge in [0.05, 0.1) is 24.3 Å². The normalized spacial score (nSPS) is 20.7. The van der Waals surface area contributed by atoms with Crippen molar-refractivity contribution in [3.63, 3.8) is 0 Å². The van der Waals surface area contributed by atoms with E-state index >= 15 is 0 Å². The van der Waals surface area contributed by atoms with Crippen molar-refractivity contribution in [2.75, 3.05) is 31.1 Å². The van der Waals surface area contributed by atoms with Crippen molar-refractivity contribution in [3.8, 4) is 11.3 Å². The van der Waals surface area contributed by atoms with E-state index in [9.17, 15) is 4.79 Å². The highest BCUT2D eigenvalue weighted by Crippen LogP contribution is 2.34. The van der Waals surface area contributed by atoms with Crippen molar-refractivity contribution < 1.29 is 4.79 Å². The van der Waals surface area contributed by atoms with Gasteiger partial charge >= 0.3 is 0 Å². The number of anilines is 1. The van der Waals surface area contributed by atoms with Crippen molar-refractivity contribution in [1.29, 1.82) is 0 Å². The molecule has 3 aromatic rings. The second-order valence-electron chi connectivity index (χ2n) is 7.49. The summed E-state index contributed by atoms with van der Waals surface area (Å²) >= 11 is 5.95. The standard InChI is InChI=1S/C21H19ClN6O/c22-17-3-1-14(2-4-17)18-8-26-20(9-25-18)27-10-15-12-28(13-16(15)11-27)21(29)19-7-23-5-6-24-19/h1-9,15-16H,10-13H2. The molecule has 2 atom stereocenters. The van der Waals surface area contributed by atoms with Gasteiger partial charge in [0, 0.05) is 61.0 Å². The summed E-state index contributed by atoms with van der Waals surface area (Å²) in [4.78, 5) is 34.1. The van der Waals surface area contributed by atoms with Crippen LogP contribution in [0.5, 0.6) is 0 Å². The zero-order chi connectivity index (χ0) is 19.8. The van der Waals surface area contributed by atoms with Crippen molar-refractivity contribution >= 4 is 23.3 Å². The molecule has 7 nitrogen and oxygen atoms in total. The fourth-order valence-electron chi connectivity index (χ4n) is 4.17. The number of rotatable bonds is 3. The van der Waals surface area contributed by atoms with E-state index in [0.29, 0.717) is 22.6 Å². The molecular weight excluding hydrogens is 388 g/mol. The number of fused-ring (bicyclic) bond motifs is 1. The number of likely N-dealkylation sites (tertiary alicyclic amines) is 1. The van der Waals surface area contributed by atoms with E-state index < -0.39 is 0 Å². The number of hydrogen-bond donors (Lipinski definition) is 0. The average molecular weight is 407 g/mol. The van der Waals surface area contributed by atoms with E-state index in [4.69, 9.17) is 11.6 Å².